The lowest BCUT2D eigenvalue weighted by atomic mass is 10.0. The van der Waals surface area contributed by atoms with Gasteiger partial charge in [0, 0.05) is 6.42 Å². The van der Waals surface area contributed by atoms with Gasteiger partial charge in [-0.15, -0.1) is 0 Å². The molecule has 0 saturated heterocycles. The molecule has 0 aliphatic heterocycles. The fourth-order valence-electron chi connectivity index (χ4n) is 4.10. The lowest BCUT2D eigenvalue weighted by Gasteiger charge is -2.24. The molecule has 1 rings (SSSR count). The van der Waals surface area contributed by atoms with Gasteiger partial charge in [-0.25, -0.2) is 9.59 Å². The second-order valence-corrected chi connectivity index (χ2v) is 13.8. The fourth-order valence-corrected chi connectivity index (χ4v) is 4.10. The highest BCUT2D eigenvalue weighted by Gasteiger charge is 2.28. The molecule has 0 fully saturated rings. The molecule has 50 heavy (non-hydrogen) atoms. The van der Waals surface area contributed by atoms with Crippen LogP contribution in [0.3, 0.4) is 0 Å². The standard InChI is InChI=1S/C34H53N5O11/c1-11-47-27(41)19-36-29(43)24(16-20(2)3)38-26(40)18-35-28(42)21(4)37-30(44)25(39-31(45)49-33(5,6)7)17-22-12-14-23(15-13-22)48-32(46)50-34(8,9)10/h12-15,20-21,24-25H,11,16-19H2,1-10H3,(H,35,42)(H,36,43)(H,37,44)(H,38,40)(H,39,45)/t21-,24+,25+/m0/s1. The van der Waals surface area contributed by atoms with Gasteiger partial charge in [-0.1, -0.05) is 26.0 Å². The van der Waals surface area contributed by atoms with Crippen LogP contribution in [0.4, 0.5) is 9.59 Å². The lowest BCUT2D eigenvalue weighted by Crippen LogP contribution is -2.55. The maximum atomic E-state index is 13.3. The van der Waals surface area contributed by atoms with E-state index in [-0.39, 0.29) is 37.7 Å². The SMILES string of the molecule is CCOC(=O)CNC(=O)[C@@H](CC(C)C)NC(=O)CNC(=O)[C@H](C)NC(=O)[C@@H](Cc1ccc(OC(=O)OC(C)(C)C)cc1)NC(=O)OC(C)(C)C. The number of esters is 1. The van der Waals surface area contributed by atoms with E-state index in [9.17, 15) is 33.6 Å². The summed E-state index contributed by atoms with van der Waals surface area (Å²) >= 11 is 0. The van der Waals surface area contributed by atoms with Gasteiger partial charge in [-0.05, 0) is 85.4 Å². The van der Waals surface area contributed by atoms with Crippen molar-refractivity contribution in [1.29, 1.82) is 0 Å². The molecule has 0 radical (unpaired) electrons. The van der Waals surface area contributed by atoms with Gasteiger partial charge in [-0.3, -0.25) is 24.0 Å². The predicted molar refractivity (Wildman–Crippen MR) is 182 cm³/mol. The minimum atomic E-state index is -1.19. The van der Waals surface area contributed by atoms with Crippen LogP contribution in [0, 0.1) is 5.92 Å². The quantitative estimate of drug-likeness (QED) is 0.0954. The van der Waals surface area contributed by atoms with Crippen LogP contribution in [-0.2, 0) is 44.6 Å². The van der Waals surface area contributed by atoms with Crippen LogP contribution in [-0.4, -0.2) is 90.9 Å². The summed E-state index contributed by atoms with van der Waals surface area (Å²) < 4.78 is 20.4. The van der Waals surface area contributed by atoms with Crippen LogP contribution < -0.4 is 31.3 Å². The Kier molecular flexibility index (Phi) is 17.2. The smallest absolute Gasteiger partial charge is 0.465 e. The minimum absolute atomic E-state index is 0.0178. The summed E-state index contributed by atoms with van der Waals surface area (Å²) in [5.74, 6) is -3.08. The maximum Gasteiger partial charge on any atom is 0.514 e. The Morgan fingerprint density at radius 3 is 1.82 bits per heavy atom. The van der Waals surface area contributed by atoms with Crippen molar-refractivity contribution < 1.29 is 52.5 Å². The van der Waals surface area contributed by atoms with Crippen LogP contribution in [0.15, 0.2) is 24.3 Å². The molecule has 16 heteroatoms. The fraction of sp³-hybridized carbons (Fsp3) is 0.618. The van der Waals surface area contributed by atoms with Crippen LogP contribution >= 0.6 is 0 Å². The third-order valence-electron chi connectivity index (χ3n) is 6.21. The van der Waals surface area contributed by atoms with E-state index in [1.54, 1.807) is 60.6 Å². The van der Waals surface area contributed by atoms with Gasteiger partial charge in [0.15, 0.2) is 0 Å². The van der Waals surface area contributed by atoms with Crippen molar-refractivity contribution in [3.05, 3.63) is 29.8 Å². The van der Waals surface area contributed by atoms with E-state index in [2.05, 4.69) is 26.6 Å². The van der Waals surface area contributed by atoms with Gasteiger partial charge in [0.2, 0.25) is 23.6 Å². The number of benzene rings is 1. The summed E-state index contributed by atoms with van der Waals surface area (Å²) in [6, 6.07) is 2.89. The van der Waals surface area contributed by atoms with E-state index in [1.807, 2.05) is 13.8 Å². The van der Waals surface area contributed by atoms with Crippen molar-refractivity contribution in [3.8, 4) is 5.75 Å². The summed E-state index contributed by atoms with van der Waals surface area (Å²) in [6.07, 6.45) is -1.50. The van der Waals surface area contributed by atoms with Crippen molar-refractivity contribution in [3.63, 3.8) is 0 Å². The lowest BCUT2D eigenvalue weighted by molar-refractivity contribution is -0.143. The number of hydrogen-bond donors (Lipinski definition) is 5. The van der Waals surface area contributed by atoms with Crippen molar-refractivity contribution in [2.45, 2.75) is 111 Å². The first-order chi connectivity index (χ1) is 23.1. The molecule has 0 spiro atoms. The molecule has 0 heterocycles. The molecule has 1 aromatic carbocycles. The number of nitrogens with one attached hydrogen (secondary N) is 5. The Morgan fingerprint density at radius 1 is 0.700 bits per heavy atom. The largest absolute Gasteiger partial charge is 0.514 e. The van der Waals surface area contributed by atoms with Crippen molar-refractivity contribution >= 4 is 41.8 Å². The molecule has 0 aliphatic carbocycles. The Morgan fingerprint density at radius 2 is 1.28 bits per heavy atom. The molecule has 16 nitrogen and oxygen atoms in total. The highest BCUT2D eigenvalue weighted by molar-refractivity contribution is 5.94. The van der Waals surface area contributed by atoms with Gasteiger partial charge in [0.1, 0.15) is 41.6 Å². The summed E-state index contributed by atoms with van der Waals surface area (Å²) in [4.78, 5) is 87.6. The summed E-state index contributed by atoms with van der Waals surface area (Å²) in [6.45, 7) is 16.1. The zero-order chi connectivity index (χ0) is 38.2. The number of carbonyl (C=O) groups excluding carboxylic acids is 7. The van der Waals surface area contributed by atoms with Crippen LogP contribution in [0.1, 0.15) is 81.2 Å². The van der Waals surface area contributed by atoms with E-state index >= 15 is 0 Å². The Balaban J connectivity index is 2.89. The number of alkyl carbamates (subject to hydrolysis) is 1. The Hall–Kier alpha value is -4.89. The third kappa shape index (κ3) is 18.6. The number of carbonyl (C=O) groups is 7. The van der Waals surface area contributed by atoms with E-state index < -0.39 is 77.7 Å². The Labute approximate surface area is 293 Å². The minimum Gasteiger partial charge on any atom is -0.465 e. The zero-order valence-electron chi connectivity index (χ0n) is 30.6. The molecule has 0 aromatic heterocycles. The highest BCUT2D eigenvalue weighted by Crippen LogP contribution is 2.17. The molecule has 0 aliphatic rings. The number of rotatable bonds is 16. The summed E-state index contributed by atoms with van der Waals surface area (Å²) in [7, 11) is 0. The van der Waals surface area contributed by atoms with Gasteiger partial charge in [0.25, 0.3) is 0 Å². The van der Waals surface area contributed by atoms with E-state index in [1.165, 1.54) is 19.1 Å². The van der Waals surface area contributed by atoms with Crippen molar-refractivity contribution in [2.75, 3.05) is 19.7 Å². The molecule has 280 valence electrons. The molecule has 0 unspecified atom stereocenters. The first-order valence-corrected chi connectivity index (χ1v) is 16.4. The van der Waals surface area contributed by atoms with E-state index in [4.69, 9.17) is 18.9 Å². The van der Waals surface area contributed by atoms with Gasteiger partial charge in [0.05, 0.1) is 13.2 Å². The first-order valence-electron chi connectivity index (χ1n) is 16.4. The molecule has 1 aromatic rings. The normalized spacial score (nSPS) is 13.1. The second kappa shape index (κ2) is 19.9. The van der Waals surface area contributed by atoms with Gasteiger partial charge >= 0.3 is 18.2 Å². The van der Waals surface area contributed by atoms with E-state index in [0.29, 0.717) is 5.56 Å². The zero-order valence-corrected chi connectivity index (χ0v) is 30.6. The van der Waals surface area contributed by atoms with Crippen LogP contribution in [0.25, 0.3) is 0 Å². The highest BCUT2D eigenvalue weighted by atomic mass is 16.7. The molecule has 5 N–H and O–H groups in total. The summed E-state index contributed by atoms with van der Waals surface area (Å²) in [5, 5.41) is 12.4. The molecular formula is C34H53N5O11. The van der Waals surface area contributed by atoms with Crippen LogP contribution in [0.2, 0.25) is 0 Å². The first kappa shape index (κ1) is 43.1. The van der Waals surface area contributed by atoms with Gasteiger partial charge in [-0.2, -0.15) is 0 Å². The number of hydrogen-bond acceptors (Lipinski definition) is 11. The Bertz CT molecular complexity index is 1330. The molecule has 3 atom stereocenters. The van der Waals surface area contributed by atoms with Gasteiger partial charge < -0.3 is 45.5 Å². The topological polar surface area (TPSA) is 217 Å². The second-order valence-electron chi connectivity index (χ2n) is 13.8. The van der Waals surface area contributed by atoms with Crippen molar-refractivity contribution in [2.24, 2.45) is 5.92 Å². The molecular weight excluding hydrogens is 654 g/mol. The summed E-state index contributed by atoms with van der Waals surface area (Å²) in [5.41, 5.74) is -1.02. The molecule has 0 saturated carbocycles. The molecule has 0 bridgehead atoms. The number of amides is 5. The van der Waals surface area contributed by atoms with Crippen LogP contribution in [0.5, 0.6) is 5.75 Å². The van der Waals surface area contributed by atoms with Crippen molar-refractivity contribution in [1.82, 2.24) is 26.6 Å². The average Bonchev–Trinajstić information content (AvgIpc) is 2.96. The average molecular weight is 708 g/mol. The predicted octanol–water partition coefficient (Wildman–Crippen LogP) is 2.27. The third-order valence-corrected chi connectivity index (χ3v) is 6.21. The van der Waals surface area contributed by atoms with E-state index in [0.717, 1.165) is 0 Å². The monoisotopic (exact) mass is 707 g/mol. The maximum absolute atomic E-state index is 13.3. The number of ether oxygens (including phenoxy) is 4. The molecule has 5 amide bonds.